The Morgan fingerprint density at radius 2 is 1.89 bits per heavy atom. The molecular formula is C14H23N3OS. The van der Waals surface area contributed by atoms with E-state index < -0.39 is 0 Å². The summed E-state index contributed by atoms with van der Waals surface area (Å²) in [5.41, 5.74) is 1.19. The van der Waals surface area contributed by atoms with Gasteiger partial charge in [-0.2, -0.15) is 0 Å². The minimum atomic E-state index is 0.705. The molecule has 1 aromatic carbocycles. The van der Waals surface area contributed by atoms with Gasteiger partial charge in [-0.3, -0.25) is 0 Å². The monoisotopic (exact) mass is 281 g/mol. The van der Waals surface area contributed by atoms with Gasteiger partial charge in [0.05, 0.1) is 7.11 Å². The standard InChI is InChI=1S/C14H23N3OS/c1-17(2)11-10-16-14(19)15-9-8-12-6-4-5-7-13(12)18-3/h4-7H,8-11H2,1-3H3,(H2,15,16,19). The van der Waals surface area contributed by atoms with Crippen LogP contribution in [0.15, 0.2) is 24.3 Å². The topological polar surface area (TPSA) is 36.5 Å². The Balaban J connectivity index is 2.24. The first-order chi connectivity index (χ1) is 9.13. The second-order valence-corrected chi connectivity index (χ2v) is 4.96. The summed E-state index contributed by atoms with van der Waals surface area (Å²) in [7, 11) is 5.78. The second kappa shape index (κ2) is 8.72. The van der Waals surface area contributed by atoms with E-state index in [4.69, 9.17) is 17.0 Å². The maximum absolute atomic E-state index is 5.31. The minimum absolute atomic E-state index is 0.705. The molecule has 0 saturated carbocycles. The molecule has 19 heavy (non-hydrogen) atoms. The van der Waals surface area contributed by atoms with Gasteiger partial charge in [0.25, 0.3) is 0 Å². The Morgan fingerprint density at radius 1 is 1.21 bits per heavy atom. The highest BCUT2D eigenvalue weighted by atomic mass is 32.1. The summed E-state index contributed by atoms with van der Waals surface area (Å²) in [6.45, 7) is 2.62. The highest BCUT2D eigenvalue weighted by molar-refractivity contribution is 7.80. The van der Waals surface area contributed by atoms with Crippen LogP contribution in [-0.4, -0.2) is 50.9 Å². The Bertz CT molecular complexity index is 396. The number of ether oxygens (including phenoxy) is 1. The van der Waals surface area contributed by atoms with Gasteiger partial charge in [0.1, 0.15) is 5.75 Å². The van der Waals surface area contributed by atoms with E-state index >= 15 is 0 Å². The van der Waals surface area contributed by atoms with Crippen molar-refractivity contribution in [3.63, 3.8) is 0 Å². The molecule has 0 spiro atoms. The van der Waals surface area contributed by atoms with Crippen LogP contribution in [0.25, 0.3) is 0 Å². The van der Waals surface area contributed by atoms with Gasteiger partial charge in [-0.25, -0.2) is 0 Å². The smallest absolute Gasteiger partial charge is 0.166 e. The molecule has 0 unspecified atom stereocenters. The average Bonchev–Trinajstić information content (AvgIpc) is 2.39. The molecule has 0 atom stereocenters. The lowest BCUT2D eigenvalue weighted by molar-refractivity contribution is 0.409. The lowest BCUT2D eigenvalue weighted by Crippen LogP contribution is -2.39. The number of methoxy groups -OCH3 is 1. The first kappa shape index (κ1) is 15.7. The van der Waals surface area contributed by atoms with Crippen molar-refractivity contribution in [2.24, 2.45) is 0 Å². The van der Waals surface area contributed by atoms with E-state index in [1.165, 1.54) is 5.56 Å². The highest BCUT2D eigenvalue weighted by Gasteiger charge is 2.01. The van der Waals surface area contributed by atoms with Crippen LogP contribution in [0.4, 0.5) is 0 Å². The molecule has 0 amide bonds. The molecular weight excluding hydrogens is 258 g/mol. The summed E-state index contributed by atoms with van der Waals surface area (Å²) in [6, 6.07) is 8.04. The zero-order valence-corrected chi connectivity index (χ0v) is 12.7. The molecule has 0 aliphatic rings. The molecule has 0 heterocycles. The molecule has 2 N–H and O–H groups in total. The molecule has 4 nitrogen and oxygen atoms in total. The third-order valence-corrected chi connectivity index (χ3v) is 3.01. The van der Waals surface area contributed by atoms with E-state index in [1.54, 1.807) is 7.11 Å². The largest absolute Gasteiger partial charge is 0.496 e. The quantitative estimate of drug-likeness (QED) is 0.736. The lowest BCUT2D eigenvalue weighted by Gasteiger charge is -2.14. The summed E-state index contributed by atoms with van der Waals surface area (Å²) in [6.07, 6.45) is 0.888. The number of likely N-dealkylation sites (N-methyl/N-ethyl adjacent to an activating group) is 1. The Morgan fingerprint density at radius 3 is 2.58 bits per heavy atom. The summed E-state index contributed by atoms with van der Waals surface area (Å²) in [5, 5.41) is 7.08. The molecule has 0 radical (unpaired) electrons. The van der Waals surface area contributed by atoms with Crippen molar-refractivity contribution in [3.8, 4) is 5.75 Å². The molecule has 1 aromatic rings. The number of para-hydroxylation sites is 1. The molecule has 0 aromatic heterocycles. The SMILES string of the molecule is COc1ccccc1CCNC(=S)NCCN(C)C. The van der Waals surface area contributed by atoms with Gasteiger partial charge in [0.2, 0.25) is 0 Å². The molecule has 0 aliphatic carbocycles. The number of hydrogen-bond donors (Lipinski definition) is 2. The first-order valence-electron chi connectivity index (χ1n) is 6.42. The number of benzene rings is 1. The van der Waals surface area contributed by atoms with Gasteiger partial charge >= 0.3 is 0 Å². The number of rotatable bonds is 7. The third kappa shape index (κ3) is 6.40. The van der Waals surface area contributed by atoms with Crippen LogP contribution in [0.3, 0.4) is 0 Å². The third-order valence-electron chi connectivity index (χ3n) is 2.72. The van der Waals surface area contributed by atoms with Crippen LogP contribution in [0.2, 0.25) is 0 Å². The van der Waals surface area contributed by atoms with Crippen molar-refractivity contribution < 1.29 is 4.74 Å². The van der Waals surface area contributed by atoms with Crippen LogP contribution in [0.5, 0.6) is 5.75 Å². The van der Waals surface area contributed by atoms with E-state index in [0.717, 1.165) is 31.8 Å². The van der Waals surface area contributed by atoms with E-state index in [0.29, 0.717) is 5.11 Å². The maximum Gasteiger partial charge on any atom is 0.166 e. The molecule has 0 saturated heterocycles. The van der Waals surface area contributed by atoms with Crippen LogP contribution in [-0.2, 0) is 6.42 Å². The first-order valence-corrected chi connectivity index (χ1v) is 6.82. The fourth-order valence-corrected chi connectivity index (χ4v) is 1.88. The van der Waals surface area contributed by atoms with Gasteiger partial charge in [-0.1, -0.05) is 18.2 Å². The van der Waals surface area contributed by atoms with Gasteiger partial charge in [0.15, 0.2) is 5.11 Å². The fraction of sp³-hybridized carbons (Fsp3) is 0.500. The second-order valence-electron chi connectivity index (χ2n) is 4.55. The van der Waals surface area contributed by atoms with E-state index in [1.807, 2.05) is 32.3 Å². The summed E-state index contributed by atoms with van der Waals surface area (Å²) < 4.78 is 5.31. The van der Waals surface area contributed by atoms with Crippen molar-refractivity contribution >= 4 is 17.3 Å². The predicted molar refractivity (Wildman–Crippen MR) is 83.9 cm³/mol. The van der Waals surface area contributed by atoms with Crippen molar-refractivity contribution in [2.75, 3.05) is 40.8 Å². The van der Waals surface area contributed by atoms with Gasteiger partial charge < -0.3 is 20.3 Å². The van der Waals surface area contributed by atoms with E-state index in [9.17, 15) is 0 Å². The van der Waals surface area contributed by atoms with E-state index in [2.05, 4.69) is 21.6 Å². The Labute approximate surface area is 121 Å². The Hall–Kier alpha value is -1.33. The minimum Gasteiger partial charge on any atom is -0.496 e. The summed E-state index contributed by atoms with van der Waals surface area (Å²) in [5.74, 6) is 0.927. The highest BCUT2D eigenvalue weighted by Crippen LogP contribution is 2.17. The molecule has 106 valence electrons. The van der Waals surface area contributed by atoms with Gasteiger partial charge in [0, 0.05) is 19.6 Å². The van der Waals surface area contributed by atoms with Crippen LogP contribution >= 0.6 is 12.2 Å². The molecule has 0 bridgehead atoms. The van der Waals surface area contributed by atoms with Crippen molar-refractivity contribution in [1.82, 2.24) is 15.5 Å². The van der Waals surface area contributed by atoms with Crippen molar-refractivity contribution in [1.29, 1.82) is 0 Å². The number of nitrogens with zero attached hydrogens (tertiary/aromatic N) is 1. The molecule has 0 aliphatic heterocycles. The van der Waals surface area contributed by atoms with Crippen LogP contribution < -0.4 is 15.4 Å². The van der Waals surface area contributed by atoms with Crippen molar-refractivity contribution in [2.45, 2.75) is 6.42 Å². The van der Waals surface area contributed by atoms with Crippen LogP contribution in [0.1, 0.15) is 5.56 Å². The number of nitrogens with one attached hydrogen (secondary N) is 2. The normalized spacial score (nSPS) is 10.3. The fourth-order valence-electron chi connectivity index (χ4n) is 1.68. The maximum atomic E-state index is 5.31. The molecule has 5 heteroatoms. The molecule has 0 fully saturated rings. The van der Waals surface area contributed by atoms with Gasteiger partial charge in [-0.05, 0) is 44.4 Å². The summed E-state index contributed by atoms with van der Waals surface area (Å²) in [4.78, 5) is 2.12. The predicted octanol–water partition coefficient (Wildman–Crippen LogP) is 1.26. The zero-order chi connectivity index (χ0) is 14.1. The number of hydrogen-bond acceptors (Lipinski definition) is 3. The van der Waals surface area contributed by atoms with E-state index in [-0.39, 0.29) is 0 Å². The number of thiocarbonyl (C=S) groups is 1. The lowest BCUT2D eigenvalue weighted by atomic mass is 10.1. The average molecular weight is 281 g/mol. The van der Waals surface area contributed by atoms with Crippen molar-refractivity contribution in [3.05, 3.63) is 29.8 Å². The van der Waals surface area contributed by atoms with Crippen LogP contribution in [0, 0.1) is 0 Å². The zero-order valence-electron chi connectivity index (χ0n) is 11.9. The summed E-state index contributed by atoms with van der Waals surface area (Å²) >= 11 is 5.21. The van der Waals surface area contributed by atoms with Gasteiger partial charge in [-0.15, -0.1) is 0 Å². The Kier molecular flexibility index (Phi) is 7.22. The molecule has 1 rings (SSSR count).